The summed E-state index contributed by atoms with van der Waals surface area (Å²) >= 11 is 0. The molecule has 0 spiro atoms. The van der Waals surface area contributed by atoms with Crippen LogP contribution in [0.3, 0.4) is 0 Å². The standard InChI is InChI=1S/C47H31N3/c1-3-12-32(13-4-1)34-22-25-38(26-23-34)49-44-20-9-7-18-40(44)42-29-36(24-27-46(42)49)37-30-43-41-19-8-10-21-45(41)50(47(43)48-31-37)39-17-11-16-35(28-39)33-14-5-2-6-15-33/h1-31H. The molecule has 0 amide bonds. The van der Waals surface area contributed by atoms with Gasteiger partial charge in [0.05, 0.1) is 16.6 Å². The first kappa shape index (κ1) is 28.3. The van der Waals surface area contributed by atoms with Gasteiger partial charge in [-0.15, -0.1) is 0 Å². The number of nitrogens with zero attached hydrogens (tertiary/aromatic N) is 3. The van der Waals surface area contributed by atoms with Crippen molar-refractivity contribution in [3.8, 4) is 44.8 Å². The van der Waals surface area contributed by atoms with Crippen molar-refractivity contribution in [3.05, 3.63) is 188 Å². The molecule has 234 valence electrons. The van der Waals surface area contributed by atoms with Crippen LogP contribution in [0.2, 0.25) is 0 Å². The summed E-state index contributed by atoms with van der Waals surface area (Å²) in [4.78, 5) is 5.16. The predicted molar refractivity (Wildman–Crippen MR) is 209 cm³/mol. The fourth-order valence-corrected chi connectivity index (χ4v) is 7.58. The number of benzene rings is 7. The Hall–Kier alpha value is -6.71. The molecule has 3 nitrogen and oxygen atoms in total. The predicted octanol–water partition coefficient (Wildman–Crippen LogP) is 12.3. The number of para-hydroxylation sites is 2. The molecule has 0 saturated heterocycles. The van der Waals surface area contributed by atoms with E-state index in [0.29, 0.717) is 0 Å². The van der Waals surface area contributed by atoms with Gasteiger partial charge >= 0.3 is 0 Å². The highest BCUT2D eigenvalue weighted by molar-refractivity contribution is 6.12. The fraction of sp³-hybridized carbons (Fsp3) is 0. The van der Waals surface area contributed by atoms with Gasteiger partial charge < -0.3 is 4.57 Å². The van der Waals surface area contributed by atoms with Gasteiger partial charge in [0, 0.05) is 44.7 Å². The monoisotopic (exact) mass is 637 g/mol. The molecule has 3 aromatic heterocycles. The highest BCUT2D eigenvalue weighted by Gasteiger charge is 2.17. The minimum Gasteiger partial charge on any atom is -0.309 e. The Morgan fingerprint density at radius 2 is 0.820 bits per heavy atom. The molecule has 3 heterocycles. The number of fused-ring (bicyclic) bond motifs is 6. The van der Waals surface area contributed by atoms with Crippen molar-refractivity contribution in [2.75, 3.05) is 0 Å². The van der Waals surface area contributed by atoms with Gasteiger partial charge in [-0.2, -0.15) is 0 Å². The average molecular weight is 638 g/mol. The lowest BCUT2D eigenvalue weighted by Crippen LogP contribution is -1.96. The number of hydrogen-bond acceptors (Lipinski definition) is 1. The maximum atomic E-state index is 5.16. The topological polar surface area (TPSA) is 22.8 Å². The van der Waals surface area contributed by atoms with E-state index in [0.717, 1.165) is 39.1 Å². The first-order valence-electron chi connectivity index (χ1n) is 17.0. The Kier molecular flexibility index (Phi) is 6.49. The summed E-state index contributed by atoms with van der Waals surface area (Å²) < 4.78 is 4.67. The van der Waals surface area contributed by atoms with Crippen LogP contribution in [0.15, 0.2) is 188 Å². The lowest BCUT2D eigenvalue weighted by Gasteiger charge is -2.10. The Bertz CT molecular complexity index is 2840. The molecule has 0 aliphatic rings. The summed E-state index contributed by atoms with van der Waals surface area (Å²) in [5, 5.41) is 4.80. The SMILES string of the molecule is c1ccc(-c2ccc(-n3c4ccccc4c4cc(-c5cnc6c(c5)c5ccccc5n6-c5cccc(-c6ccccc6)c5)ccc43)cc2)cc1. The van der Waals surface area contributed by atoms with E-state index in [4.69, 9.17) is 4.98 Å². The molecule has 0 saturated carbocycles. The zero-order chi connectivity index (χ0) is 33.0. The molecule has 0 fully saturated rings. The van der Waals surface area contributed by atoms with Crippen molar-refractivity contribution in [2.45, 2.75) is 0 Å². The molecular weight excluding hydrogens is 607 g/mol. The molecule has 50 heavy (non-hydrogen) atoms. The van der Waals surface area contributed by atoms with Crippen LogP contribution in [0.25, 0.3) is 88.5 Å². The van der Waals surface area contributed by atoms with Crippen LogP contribution < -0.4 is 0 Å². The summed E-state index contributed by atoms with van der Waals surface area (Å²) in [6, 6.07) is 65.2. The minimum absolute atomic E-state index is 0.955. The van der Waals surface area contributed by atoms with Gasteiger partial charge in [0.1, 0.15) is 5.65 Å². The van der Waals surface area contributed by atoms with Crippen LogP contribution in [0.1, 0.15) is 0 Å². The maximum absolute atomic E-state index is 5.16. The zero-order valence-corrected chi connectivity index (χ0v) is 27.2. The highest BCUT2D eigenvalue weighted by atomic mass is 15.0. The Balaban J connectivity index is 1.10. The van der Waals surface area contributed by atoms with Gasteiger partial charge in [0.15, 0.2) is 0 Å². The summed E-state index contributed by atoms with van der Waals surface area (Å²) in [7, 11) is 0. The van der Waals surface area contributed by atoms with Gasteiger partial charge in [-0.05, 0) is 82.4 Å². The Morgan fingerprint density at radius 1 is 0.300 bits per heavy atom. The third-order valence-corrected chi connectivity index (χ3v) is 9.96. The molecule has 0 N–H and O–H groups in total. The summed E-state index contributed by atoms with van der Waals surface area (Å²) in [5.41, 5.74) is 13.8. The van der Waals surface area contributed by atoms with Crippen LogP contribution in [0.4, 0.5) is 0 Å². The largest absolute Gasteiger partial charge is 0.309 e. The summed E-state index contributed by atoms with van der Waals surface area (Å²) in [5.74, 6) is 0. The number of rotatable bonds is 5. The smallest absolute Gasteiger partial charge is 0.145 e. The summed E-state index contributed by atoms with van der Waals surface area (Å²) in [6.07, 6.45) is 2.03. The first-order valence-corrected chi connectivity index (χ1v) is 17.0. The van der Waals surface area contributed by atoms with Crippen LogP contribution in [-0.4, -0.2) is 14.1 Å². The van der Waals surface area contributed by atoms with E-state index in [9.17, 15) is 0 Å². The van der Waals surface area contributed by atoms with E-state index in [1.165, 1.54) is 49.4 Å². The number of aromatic nitrogens is 3. The van der Waals surface area contributed by atoms with Crippen molar-refractivity contribution < 1.29 is 0 Å². The fourth-order valence-electron chi connectivity index (χ4n) is 7.58. The molecule has 0 unspecified atom stereocenters. The summed E-state index contributed by atoms with van der Waals surface area (Å²) in [6.45, 7) is 0. The average Bonchev–Trinajstić information content (AvgIpc) is 3.71. The third kappa shape index (κ3) is 4.56. The van der Waals surface area contributed by atoms with Gasteiger partial charge in [-0.1, -0.05) is 127 Å². The Labute approximate surface area is 290 Å². The molecule has 10 rings (SSSR count). The lowest BCUT2D eigenvalue weighted by molar-refractivity contribution is 1.14. The molecular formula is C47H31N3. The second-order valence-electron chi connectivity index (χ2n) is 12.9. The second kappa shape index (κ2) is 11.5. The van der Waals surface area contributed by atoms with Crippen LogP contribution in [-0.2, 0) is 0 Å². The molecule has 0 bridgehead atoms. The Morgan fingerprint density at radius 3 is 1.56 bits per heavy atom. The molecule has 3 heteroatoms. The quantitative estimate of drug-likeness (QED) is 0.184. The van der Waals surface area contributed by atoms with E-state index in [1.807, 2.05) is 6.20 Å². The van der Waals surface area contributed by atoms with Crippen LogP contribution in [0, 0.1) is 0 Å². The third-order valence-electron chi connectivity index (χ3n) is 9.96. The van der Waals surface area contributed by atoms with Gasteiger partial charge in [-0.3, -0.25) is 4.57 Å². The maximum Gasteiger partial charge on any atom is 0.145 e. The normalized spacial score (nSPS) is 11.6. The molecule has 0 radical (unpaired) electrons. The van der Waals surface area contributed by atoms with E-state index in [-0.39, 0.29) is 0 Å². The lowest BCUT2D eigenvalue weighted by atomic mass is 10.0. The minimum atomic E-state index is 0.955. The van der Waals surface area contributed by atoms with E-state index >= 15 is 0 Å². The van der Waals surface area contributed by atoms with E-state index in [1.54, 1.807) is 0 Å². The van der Waals surface area contributed by atoms with E-state index < -0.39 is 0 Å². The van der Waals surface area contributed by atoms with Crippen molar-refractivity contribution >= 4 is 43.7 Å². The highest BCUT2D eigenvalue weighted by Crippen LogP contribution is 2.38. The van der Waals surface area contributed by atoms with Crippen molar-refractivity contribution in [3.63, 3.8) is 0 Å². The van der Waals surface area contributed by atoms with E-state index in [2.05, 4.69) is 191 Å². The van der Waals surface area contributed by atoms with Crippen LogP contribution >= 0.6 is 0 Å². The van der Waals surface area contributed by atoms with Crippen molar-refractivity contribution in [1.82, 2.24) is 14.1 Å². The molecule has 7 aromatic carbocycles. The number of pyridine rings is 1. The zero-order valence-electron chi connectivity index (χ0n) is 27.2. The second-order valence-corrected chi connectivity index (χ2v) is 12.9. The molecule has 10 aromatic rings. The molecule has 0 aliphatic heterocycles. The van der Waals surface area contributed by atoms with Crippen molar-refractivity contribution in [2.24, 2.45) is 0 Å². The van der Waals surface area contributed by atoms with Crippen molar-refractivity contribution in [1.29, 1.82) is 0 Å². The number of hydrogen-bond donors (Lipinski definition) is 0. The van der Waals surface area contributed by atoms with Gasteiger partial charge in [0.25, 0.3) is 0 Å². The first-order chi connectivity index (χ1) is 24.8. The van der Waals surface area contributed by atoms with Crippen LogP contribution in [0.5, 0.6) is 0 Å². The molecule has 0 atom stereocenters. The van der Waals surface area contributed by atoms with Gasteiger partial charge in [0.2, 0.25) is 0 Å². The van der Waals surface area contributed by atoms with Gasteiger partial charge in [-0.25, -0.2) is 4.98 Å². The molecule has 0 aliphatic carbocycles.